The highest BCUT2D eigenvalue weighted by atomic mass is 15.4. The summed E-state index contributed by atoms with van der Waals surface area (Å²) in [6.45, 7) is 10.6. The molecule has 0 amide bonds. The molecule has 17 heavy (non-hydrogen) atoms. The van der Waals surface area contributed by atoms with E-state index in [9.17, 15) is 0 Å². The zero-order chi connectivity index (χ0) is 12.7. The van der Waals surface area contributed by atoms with E-state index in [0.29, 0.717) is 6.04 Å². The van der Waals surface area contributed by atoms with E-state index >= 15 is 0 Å². The number of aryl methyl sites for hydroxylation is 2. The molecule has 0 radical (unpaired) electrons. The highest BCUT2D eigenvalue weighted by Crippen LogP contribution is 2.05. The number of hydrogen-bond acceptors (Lipinski definition) is 3. The summed E-state index contributed by atoms with van der Waals surface area (Å²) in [5.74, 6) is 2.08. The van der Waals surface area contributed by atoms with Crippen molar-refractivity contribution < 1.29 is 0 Å². The first-order chi connectivity index (χ1) is 8.24. The second-order valence-corrected chi connectivity index (χ2v) is 4.38. The van der Waals surface area contributed by atoms with Crippen molar-refractivity contribution in [3.05, 3.63) is 11.6 Å². The monoisotopic (exact) mass is 238 g/mol. The number of nitrogens with zero attached hydrogens (tertiary/aromatic N) is 3. The zero-order valence-electron chi connectivity index (χ0n) is 11.7. The van der Waals surface area contributed by atoms with Gasteiger partial charge in [-0.25, -0.2) is 9.67 Å². The second-order valence-electron chi connectivity index (χ2n) is 4.38. The quantitative estimate of drug-likeness (QED) is 0.755. The van der Waals surface area contributed by atoms with Crippen molar-refractivity contribution >= 4 is 0 Å². The summed E-state index contributed by atoms with van der Waals surface area (Å²) >= 11 is 0. The molecule has 1 aromatic rings. The number of aromatic nitrogens is 3. The van der Waals surface area contributed by atoms with Gasteiger partial charge in [-0.1, -0.05) is 34.1 Å². The van der Waals surface area contributed by atoms with E-state index in [4.69, 9.17) is 0 Å². The van der Waals surface area contributed by atoms with E-state index in [2.05, 4.69) is 47.8 Å². The maximum absolute atomic E-state index is 4.57. The summed E-state index contributed by atoms with van der Waals surface area (Å²) in [5, 5.41) is 8.09. The fourth-order valence-corrected chi connectivity index (χ4v) is 2.09. The maximum atomic E-state index is 4.57. The third-order valence-corrected chi connectivity index (χ3v) is 2.95. The lowest BCUT2D eigenvalue weighted by Crippen LogP contribution is -2.33. The van der Waals surface area contributed by atoms with Crippen LogP contribution < -0.4 is 5.32 Å². The lowest BCUT2D eigenvalue weighted by atomic mass is 10.1. The molecular weight excluding hydrogens is 212 g/mol. The Morgan fingerprint density at radius 2 is 1.94 bits per heavy atom. The molecule has 0 aliphatic heterocycles. The van der Waals surface area contributed by atoms with Gasteiger partial charge < -0.3 is 5.32 Å². The van der Waals surface area contributed by atoms with Crippen LogP contribution in [0.5, 0.6) is 0 Å². The van der Waals surface area contributed by atoms with Gasteiger partial charge in [-0.3, -0.25) is 0 Å². The Morgan fingerprint density at radius 1 is 1.18 bits per heavy atom. The Bertz CT molecular complexity index is 313. The molecule has 0 spiro atoms. The highest BCUT2D eigenvalue weighted by Gasteiger charge is 2.12. The topological polar surface area (TPSA) is 42.7 Å². The molecule has 4 nitrogen and oxygen atoms in total. The van der Waals surface area contributed by atoms with Gasteiger partial charge in [0.25, 0.3) is 0 Å². The Balaban J connectivity index is 2.72. The SMILES string of the molecule is CCCC(Cn1nc(CC)nc1CC)NCC. The molecule has 0 bridgehead atoms. The van der Waals surface area contributed by atoms with Crippen LogP contribution in [0, 0.1) is 0 Å². The lowest BCUT2D eigenvalue weighted by molar-refractivity contribution is 0.400. The summed E-state index contributed by atoms with van der Waals surface area (Å²) in [7, 11) is 0. The largest absolute Gasteiger partial charge is 0.312 e. The van der Waals surface area contributed by atoms with Crippen LogP contribution in [-0.2, 0) is 19.4 Å². The number of rotatable bonds is 8. The van der Waals surface area contributed by atoms with Crippen molar-refractivity contribution in [1.29, 1.82) is 0 Å². The van der Waals surface area contributed by atoms with Crippen molar-refractivity contribution in [2.75, 3.05) is 6.54 Å². The minimum Gasteiger partial charge on any atom is -0.312 e. The van der Waals surface area contributed by atoms with Gasteiger partial charge in [0.15, 0.2) is 5.82 Å². The molecule has 0 fully saturated rings. The van der Waals surface area contributed by atoms with Gasteiger partial charge in [-0.15, -0.1) is 0 Å². The van der Waals surface area contributed by atoms with Crippen LogP contribution in [0.25, 0.3) is 0 Å². The smallest absolute Gasteiger partial charge is 0.150 e. The van der Waals surface area contributed by atoms with E-state index in [1.54, 1.807) is 0 Å². The fourth-order valence-electron chi connectivity index (χ4n) is 2.09. The molecule has 1 unspecified atom stereocenters. The highest BCUT2D eigenvalue weighted by molar-refractivity contribution is 4.93. The standard InChI is InChI=1S/C13H26N4/c1-5-9-11(14-8-4)10-17-13(7-3)15-12(6-2)16-17/h11,14H,5-10H2,1-4H3. The molecule has 0 aliphatic rings. The molecule has 1 atom stereocenters. The number of nitrogens with one attached hydrogen (secondary N) is 1. The normalized spacial score (nSPS) is 12.9. The molecule has 0 aromatic carbocycles. The van der Waals surface area contributed by atoms with E-state index < -0.39 is 0 Å². The minimum absolute atomic E-state index is 0.515. The molecule has 4 heteroatoms. The third-order valence-electron chi connectivity index (χ3n) is 2.95. The molecule has 1 aromatic heterocycles. The van der Waals surface area contributed by atoms with Gasteiger partial charge in [0, 0.05) is 18.9 Å². The van der Waals surface area contributed by atoms with E-state index in [1.165, 1.54) is 12.8 Å². The van der Waals surface area contributed by atoms with Crippen LogP contribution in [0.2, 0.25) is 0 Å². The van der Waals surface area contributed by atoms with Crippen LogP contribution in [0.1, 0.15) is 52.2 Å². The van der Waals surface area contributed by atoms with Crippen molar-refractivity contribution in [3.8, 4) is 0 Å². The summed E-state index contributed by atoms with van der Waals surface area (Å²) < 4.78 is 2.09. The van der Waals surface area contributed by atoms with E-state index in [0.717, 1.165) is 37.6 Å². The van der Waals surface area contributed by atoms with Gasteiger partial charge in [-0.05, 0) is 13.0 Å². The van der Waals surface area contributed by atoms with E-state index in [1.807, 2.05) is 0 Å². The van der Waals surface area contributed by atoms with E-state index in [-0.39, 0.29) is 0 Å². The van der Waals surface area contributed by atoms with Crippen molar-refractivity contribution in [1.82, 2.24) is 20.1 Å². The first-order valence-corrected chi connectivity index (χ1v) is 6.90. The molecule has 0 saturated heterocycles. The van der Waals surface area contributed by atoms with Crippen LogP contribution in [0.15, 0.2) is 0 Å². The second kappa shape index (κ2) is 7.43. The van der Waals surface area contributed by atoms with Gasteiger partial charge in [-0.2, -0.15) is 5.10 Å². The average molecular weight is 238 g/mol. The predicted octanol–water partition coefficient (Wildman–Crippen LogP) is 2.18. The van der Waals surface area contributed by atoms with Crippen LogP contribution in [0.4, 0.5) is 0 Å². The minimum atomic E-state index is 0.515. The molecular formula is C13H26N4. The van der Waals surface area contributed by atoms with Crippen LogP contribution in [-0.4, -0.2) is 27.4 Å². The molecule has 1 N–H and O–H groups in total. The third kappa shape index (κ3) is 4.11. The van der Waals surface area contributed by atoms with Crippen LogP contribution >= 0.6 is 0 Å². The predicted molar refractivity (Wildman–Crippen MR) is 71.2 cm³/mol. The Morgan fingerprint density at radius 3 is 2.47 bits per heavy atom. The summed E-state index contributed by atoms with van der Waals surface area (Å²) in [4.78, 5) is 4.54. The Kier molecular flexibility index (Phi) is 6.19. The first-order valence-electron chi connectivity index (χ1n) is 6.90. The van der Waals surface area contributed by atoms with Gasteiger partial charge >= 0.3 is 0 Å². The number of likely N-dealkylation sites (N-methyl/N-ethyl adjacent to an activating group) is 1. The molecule has 98 valence electrons. The van der Waals surface area contributed by atoms with Crippen molar-refractivity contribution in [3.63, 3.8) is 0 Å². The van der Waals surface area contributed by atoms with Crippen molar-refractivity contribution in [2.45, 2.75) is 66.0 Å². The molecule has 1 rings (SSSR count). The zero-order valence-corrected chi connectivity index (χ0v) is 11.7. The van der Waals surface area contributed by atoms with Gasteiger partial charge in [0.2, 0.25) is 0 Å². The summed E-state index contributed by atoms with van der Waals surface area (Å²) in [6, 6.07) is 0.515. The van der Waals surface area contributed by atoms with Gasteiger partial charge in [0.1, 0.15) is 5.82 Å². The molecule has 0 aliphatic carbocycles. The number of hydrogen-bond donors (Lipinski definition) is 1. The summed E-state index contributed by atoms with van der Waals surface area (Å²) in [6.07, 6.45) is 4.27. The fraction of sp³-hybridized carbons (Fsp3) is 0.846. The van der Waals surface area contributed by atoms with Gasteiger partial charge in [0.05, 0.1) is 6.54 Å². The Hall–Kier alpha value is -0.900. The molecule has 0 saturated carbocycles. The lowest BCUT2D eigenvalue weighted by Gasteiger charge is -2.17. The Labute approximate surface area is 105 Å². The summed E-state index contributed by atoms with van der Waals surface area (Å²) in [5.41, 5.74) is 0. The van der Waals surface area contributed by atoms with Crippen molar-refractivity contribution in [2.24, 2.45) is 0 Å². The average Bonchev–Trinajstić information content (AvgIpc) is 2.72. The maximum Gasteiger partial charge on any atom is 0.150 e. The first kappa shape index (κ1) is 14.2. The van der Waals surface area contributed by atoms with Crippen LogP contribution in [0.3, 0.4) is 0 Å². The molecule has 1 heterocycles.